The van der Waals surface area contributed by atoms with Crippen LogP contribution < -0.4 is 16.0 Å². The first-order chi connectivity index (χ1) is 11.3. The molecule has 2 heterocycles. The number of nitrogens with two attached hydrogens (primary N) is 1. The van der Waals surface area contributed by atoms with Crippen molar-refractivity contribution < 1.29 is 17.9 Å². The predicted molar refractivity (Wildman–Crippen MR) is 75.6 cm³/mol. The van der Waals surface area contributed by atoms with Gasteiger partial charge in [0, 0.05) is 0 Å². The van der Waals surface area contributed by atoms with E-state index in [-0.39, 0.29) is 28.5 Å². The Labute approximate surface area is 133 Å². The molecule has 0 saturated heterocycles. The zero-order chi connectivity index (χ0) is 17.5. The van der Waals surface area contributed by atoms with E-state index in [4.69, 9.17) is 10.5 Å². The zero-order valence-electron chi connectivity index (χ0n) is 11.9. The largest absolute Gasteiger partial charge is 0.422 e. The van der Waals surface area contributed by atoms with Crippen LogP contribution in [0, 0.1) is 11.3 Å². The number of fused-ring (bicyclic) bond motifs is 1. The maximum absolute atomic E-state index is 13.0. The summed E-state index contributed by atoms with van der Waals surface area (Å²) in [6.45, 7) is 0. The second kappa shape index (κ2) is 5.42. The fourth-order valence-corrected chi connectivity index (χ4v) is 2.52. The summed E-state index contributed by atoms with van der Waals surface area (Å²) in [7, 11) is 0. The molecule has 1 aromatic carbocycles. The first-order valence-corrected chi connectivity index (χ1v) is 6.65. The van der Waals surface area contributed by atoms with E-state index in [1.54, 1.807) is 6.07 Å². The van der Waals surface area contributed by atoms with Gasteiger partial charge in [0.05, 0.1) is 23.4 Å². The van der Waals surface area contributed by atoms with Gasteiger partial charge >= 0.3 is 6.18 Å². The van der Waals surface area contributed by atoms with Crippen molar-refractivity contribution in [1.82, 2.24) is 9.97 Å². The number of allylic oxidation sites excluding steroid dienone is 1. The van der Waals surface area contributed by atoms with Crippen molar-refractivity contribution in [2.24, 2.45) is 5.73 Å². The van der Waals surface area contributed by atoms with Gasteiger partial charge in [-0.25, -0.2) is 4.98 Å². The maximum Gasteiger partial charge on any atom is 0.416 e. The summed E-state index contributed by atoms with van der Waals surface area (Å²) in [4.78, 5) is 18.3. The average molecular weight is 334 g/mol. The summed E-state index contributed by atoms with van der Waals surface area (Å²) in [6.07, 6.45) is -3.48. The zero-order valence-corrected chi connectivity index (χ0v) is 11.9. The third-order valence-electron chi connectivity index (χ3n) is 3.57. The quantitative estimate of drug-likeness (QED) is 0.830. The number of halogens is 3. The van der Waals surface area contributed by atoms with Crippen molar-refractivity contribution in [1.29, 1.82) is 5.26 Å². The van der Waals surface area contributed by atoms with E-state index in [2.05, 4.69) is 9.97 Å². The predicted octanol–water partition coefficient (Wildman–Crippen LogP) is 2.01. The third kappa shape index (κ3) is 2.48. The number of nitrogens with zero attached hydrogens (tertiary/aromatic N) is 2. The van der Waals surface area contributed by atoms with Gasteiger partial charge in [0.15, 0.2) is 0 Å². The van der Waals surface area contributed by atoms with Crippen molar-refractivity contribution >= 4 is 0 Å². The second-order valence-corrected chi connectivity index (χ2v) is 5.00. The SMILES string of the molecule is N#CC1=C(N)Oc2nc[nH]c(=O)c2[C@H]1c1cccc(C(F)(F)F)c1. The van der Waals surface area contributed by atoms with Gasteiger partial charge in [-0.1, -0.05) is 18.2 Å². The number of nitrogens with one attached hydrogen (secondary N) is 1. The lowest BCUT2D eigenvalue weighted by Gasteiger charge is -2.24. The number of hydrogen-bond acceptors (Lipinski definition) is 5. The smallest absolute Gasteiger partial charge is 0.416 e. The van der Waals surface area contributed by atoms with Crippen molar-refractivity contribution in [2.75, 3.05) is 0 Å². The van der Waals surface area contributed by atoms with Crippen molar-refractivity contribution in [2.45, 2.75) is 12.1 Å². The summed E-state index contributed by atoms with van der Waals surface area (Å²) in [5.41, 5.74) is 4.02. The van der Waals surface area contributed by atoms with Gasteiger partial charge in [0.25, 0.3) is 5.56 Å². The lowest BCUT2D eigenvalue weighted by Crippen LogP contribution is -2.28. The van der Waals surface area contributed by atoms with Gasteiger partial charge < -0.3 is 15.5 Å². The summed E-state index contributed by atoms with van der Waals surface area (Å²) < 4.78 is 44.0. The Morgan fingerprint density at radius 2 is 2.12 bits per heavy atom. The van der Waals surface area contributed by atoms with E-state index in [0.717, 1.165) is 18.5 Å². The normalized spacial score (nSPS) is 17.0. The van der Waals surface area contributed by atoms with Crippen molar-refractivity contribution in [3.63, 3.8) is 0 Å². The number of nitriles is 1. The first-order valence-electron chi connectivity index (χ1n) is 6.65. The van der Waals surface area contributed by atoms with Gasteiger partial charge in [-0.05, 0) is 11.6 Å². The minimum atomic E-state index is -4.56. The van der Waals surface area contributed by atoms with Crippen LogP contribution in [0.3, 0.4) is 0 Å². The van der Waals surface area contributed by atoms with Gasteiger partial charge in [0.2, 0.25) is 11.8 Å². The number of benzene rings is 1. The summed E-state index contributed by atoms with van der Waals surface area (Å²) in [5.74, 6) is -1.54. The lowest BCUT2D eigenvalue weighted by molar-refractivity contribution is -0.137. The molecule has 0 amide bonds. The molecule has 1 aromatic heterocycles. The molecule has 0 spiro atoms. The van der Waals surface area contributed by atoms with Crippen molar-refractivity contribution in [3.05, 3.63) is 69.1 Å². The number of H-pyrrole nitrogens is 1. The van der Waals surface area contributed by atoms with E-state index in [9.17, 15) is 23.2 Å². The van der Waals surface area contributed by atoms with E-state index in [1.165, 1.54) is 12.1 Å². The molecule has 1 aliphatic heterocycles. The Bertz CT molecular complexity index is 941. The molecule has 1 aliphatic rings. The lowest BCUT2D eigenvalue weighted by atomic mass is 9.84. The highest BCUT2D eigenvalue weighted by Crippen LogP contribution is 2.40. The van der Waals surface area contributed by atoms with Crippen LogP contribution in [-0.2, 0) is 6.18 Å². The molecule has 3 N–H and O–H groups in total. The van der Waals surface area contributed by atoms with Gasteiger partial charge in [0.1, 0.15) is 11.6 Å². The molecule has 122 valence electrons. The number of hydrogen-bond donors (Lipinski definition) is 2. The van der Waals surface area contributed by atoms with Gasteiger partial charge in [-0.2, -0.15) is 18.4 Å². The molecule has 0 bridgehead atoms. The molecular formula is C15H9F3N4O2. The topological polar surface area (TPSA) is 105 Å². The minimum absolute atomic E-state index is 0.0671. The number of aromatic amines is 1. The highest BCUT2D eigenvalue weighted by atomic mass is 19.4. The van der Waals surface area contributed by atoms with E-state index < -0.39 is 23.2 Å². The Kier molecular flexibility index (Phi) is 3.52. The minimum Gasteiger partial charge on any atom is -0.422 e. The number of alkyl halides is 3. The van der Waals surface area contributed by atoms with Crippen LogP contribution in [0.2, 0.25) is 0 Å². The Morgan fingerprint density at radius 1 is 1.38 bits per heavy atom. The summed E-state index contributed by atoms with van der Waals surface area (Å²) >= 11 is 0. The van der Waals surface area contributed by atoms with Gasteiger partial charge in [-0.3, -0.25) is 4.79 Å². The Morgan fingerprint density at radius 3 is 2.79 bits per heavy atom. The van der Waals surface area contributed by atoms with Crippen LogP contribution in [0.25, 0.3) is 0 Å². The van der Waals surface area contributed by atoms with Crippen LogP contribution >= 0.6 is 0 Å². The maximum atomic E-state index is 13.0. The molecular weight excluding hydrogens is 325 g/mol. The molecule has 2 aromatic rings. The molecule has 0 radical (unpaired) electrons. The molecule has 0 unspecified atom stereocenters. The van der Waals surface area contributed by atoms with Crippen LogP contribution in [0.5, 0.6) is 5.88 Å². The fourth-order valence-electron chi connectivity index (χ4n) is 2.52. The van der Waals surface area contributed by atoms with Gasteiger partial charge in [-0.15, -0.1) is 0 Å². The van der Waals surface area contributed by atoms with E-state index in [1.807, 2.05) is 0 Å². The average Bonchev–Trinajstić information content (AvgIpc) is 2.53. The second-order valence-electron chi connectivity index (χ2n) is 5.00. The molecule has 9 heteroatoms. The summed E-state index contributed by atoms with van der Waals surface area (Å²) in [6, 6.07) is 6.15. The van der Waals surface area contributed by atoms with E-state index in [0.29, 0.717) is 0 Å². The Balaban J connectivity index is 2.27. The van der Waals surface area contributed by atoms with Crippen LogP contribution in [0.1, 0.15) is 22.6 Å². The third-order valence-corrected chi connectivity index (χ3v) is 3.57. The molecule has 0 fully saturated rings. The summed E-state index contributed by atoms with van der Waals surface area (Å²) in [5, 5.41) is 9.32. The molecule has 1 atom stereocenters. The number of ether oxygens (including phenoxy) is 1. The van der Waals surface area contributed by atoms with Crippen LogP contribution in [0.4, 0.5) is 13.2 Å². The molecule has 0 saturated carbocycles. The molecule has 24 heavy (non-hydrogen) atoms. The number of rotatable bonds is 1. The van der Waals surface area contributed by atoms with Crippen molar-refractivity contribution in [3.8, 4) is 11.9 Å². The fraction of sp³-hybridized carbons (Fsp3) is 0.133. The van der Waals surface area contributed by atoms with Crippen LogP contribution in [-0.4, -0.2) is 9.97 Å². The number of aromatic nitrogens is 2. The van der Waals surface area contributed by atoms with E-state index >= 15 is 0 Å². The Hall–Kier alpha value is -3.28. The molecule has 3 rings (SSSR count). The first kappa shape index (κ1) is 15.6. The standard InChI is InChI=1S/C15H9F3N4O2/c16-15(17,18)8-3-1-2-7(4-8)10-9(5-19)12(20)24-14-11(10)13(23)21-6-22-14/h1-4,6,10H,20H2,(H,21,22,23)/t10-/m0/s1. The molecule has 0 aliphatic carbocycles. The monoisotopic (exact) mass is 334 g/mol. The molecule has 6 nitrogen and oxygen atoms in total. The highest BCUT2D eigenvalue weighted by Gasteiger charge is 2.36. The highest BCUT2D eigenvalue weighted by molar-refractivity contribution is 5.53. The van der Waals surface area contributed by atoms with Crippen LogP contribution in [0.15, 0.2) is 46.8 Å².